The van der Waals surface area contributed by atoms with Gasteiger partial charge in [-0.3, -0.25) is 0 Å². The molecule has 2 aliphatic heterocycles. The fourth-order valence-corrected chi connectivity index (χ4v) is 4.10. The van der Waals surface area contributed by atoms with Crippen LogP contribution >= 0.6 is 0 Å². The summed E-state index contributed by atoms with van der Waals surface area (Å²) in [4.78, 5) is 0.807. The lowest BCUT2D eigenvalue weighted by molar-refractivity contribution is 0.109. The van der Waals surface area contributed by atoms with Crippen molar-refractivity contribution in [2.75, 3.05) is 0 Å². The van der Waals surface area contributed by atoms with Crippen molar-refractivity contribution in [3.63, 3.8) is 0 Å². The molecule has 3 rings (SSSR count). The number of benzene rings is 1. The largest absolute Gasteiger partial charge is 0.365 e. The molecule has 0 N–H and O–H groups in total. The Hall–Kier alpha value is -1.13. The second-order valence-electron chi connectivity index (χ2n) is 4.69. The van der Waals surface area contributed by atoms with E-state index in [-0.39, 0.29) is 12.2 Å². The Morgan fingerprint density at radius 3 is 2.47 bits per heavy atom. The van der Waals surface area contributed by atoms with E-state index in [1.54, 1.807) is 30.3 Å². The van der Waals surface area contributed by atoms with Gasteiger partial charge in [-0.1, -0.05) is 25.1 Å². The van der Waals surface area contributed by atoms with Crippen LogP contribution < -0.4 is 0 Å². The van der Waals surface area contributed by atoms with E-state index in [0.29, 0.717) is 15.7 Å². The predicted octanol–water partition coefficient (Wildman–Crippen LogP) is 2.15. The van der Waals surface area contributed by atoms with Gasteiger partial charge < -0.3 is 4.74 Å². The topological polar surface area (TPSA) is 43.4 Å². The smallest absolute Gasteiger partial charge is 0.205 e. The highest BCUT2D eigenvalue weighted by molar-refractivity contribution is 7.95. The zero-order valence-electron chi connectivity index (χ0n) is 9.54. The molecule has 0 saturated carbocycles. The molecule has 3 atom stereocenters. The third kappa shape index (κ3) is 1.63. The summed E-state index contributed by atoms with van der Waals surface area (Å²) in [6.07, 6.45) is 2.33. The van der Waals surface area contributed by atoms with Crippen molar-refractivity contribution in [2.24, 2.45) is 5.92 Å². The van der Waals surface area contributed by atoms with Crippen molar-refractivity contribution >= 4 is 9.84 Å². The SMILES string of the molecule is C[C@H]1C[C@@H]2O[C@H]1C=C2S(=O)(=O)c1ccccc1. The molecule has 0 aromatic heterocycles. The maximum atomic E-state index is 12.4. The summed E-state index contributed by atoms with van der Waals surface area (Å²) in [7, 11) is -3.36. The first-order valence-electron chi connectivity index (χ1n) is 5.76. The summed E-state index contributed by atoms with van der Waals surface area (Å²) in [6, 6.07) is 8.55. The maximum absolute atomic E-state index is 12.4. The van der Waals surface area contributed by atoms with Gasteiger partial charge >= 0.3 is 0 Å². The molecular weight excluding hydrogens is 236 g/mol. The van der Waals surface area contributed by atoms with Crippen LogP contribution in [0, 0.1) is 5.92 Å². The van der Waals surface area contributed by atoms with E-state index in [2.05, 4.69) is 6.92 Å². The molecule has 1 fully saturated rings. The van der Waals surface area contributed by atoms with Crippen molar-refractivity contribution < 1.29 is 13.2 Å². The minimum absolute atomic E-state index is 0.0199. The van der Waals surface area contributed by atoms with Crippen molar-refractivity contribution in [2.45, 2.75) is 30.4 Å². The Morgan fingerprint density at radius 2 is 1.94 bits per heavy atom. The molecule has 0 radical (unpaired) electrons. The fourth-order valence-electron chi connectivity index (χ4n) is 2.51. The standard InChI is InChI=1S/C13H14O3S/c1-9-7-12-13(8-11(9)16-12)17(14,15)10-5-3-2-4-6-10/h2-6,8-9,11-12H,7H2,1H3/t9-,11-,12-/m0/s1. The number of rotatable bonds is 2. The molecule has 90 valence electrons. The molecule has 3 nitrogen and oxygen atoms in total. The monoisotopic (exact) mass is 250 g/mol. The summed E-state index contributed by atoms with van der Waals surface area (Å²) in [5.41, 5.74) is 0. The summed E-state index contributed by atoms with van der Waals surface area (Å²) in [5.74, 6) is 0.426. The highest BCUT2D eigenvalue weighted by atomic mass is 32.2. The van der Waals surface area contributed by atoms with Gasteiger partial charge in [-0.05, 0) is 30.5 Å². The molecule has 0 spiro atoms. The molecule has 0 amide bonds. The average Bonchev–Trinajstić information content (AvgIpc) is 2.89. The Balaban J connectivity index is 2.02. The number of hydrogen-bond donors (Lipinski definition) is 0. The minimum Gasteiger partial charge on any atom is -0.365 e. The van der Waals surface area contributed by atoms with E-state index in [9.17, 15) is 8.42 Å². The van der Waals surface area contributed by atoms with Gasteiger partial charge in [-0.25, -0.2) is 8.42 Å². The first-order chi connectivity index (χ1) is 8.09. The van der Waals surface area contributed by atoms with Crippen molar-refractivity contribution in [3.05, 3.63) is 41.3 Å². The average molecular weight is 250 g/mol. The molecule has 1 aromatic carbocycles. The van der Waals surface area contributed by atoms with Gasteiger partial charge in [0.1, 0.15) is 0 Å². The van der Waals surface area contributed by atoms with Crippen LogP contribution in [-0.4, -0.2) is 20.6 Å². The number of sulfone groups is 1. The highest BCUT2D eigenvalue weighted by Crippen LogP contribution is 2.41. The summed E-state index contributed by atoms with van der Waals surface area (Å²) < 4.78 is 30.4. The predicted molar refractivity (Wildman–Crippen MR) is 64.2 cm³/mol. The van der Waals surface area contributed by atoms with Crippen LogP contribution in [0.1, 0.15) is 13.3 Å². The van der Waals surface area contributed by atoms with Crippen LogP contribution in [0.4, 0.5) is 0 Å². The van der Waals surface area contributed by atoms with Crippen LogP contribution in [0.2, 0.25) is 0 Å². The molecule has 2 heterocycles. The van der Waals surface area contributed by atoms with E-state index < -0.39 is 9.84 Å². The summed E-state index contributed by atoms with van der Waals surface area (Å²) in [6.45, 7) is 2.09. The molecular formula is C13H14O3S. The van der Waals surface area contributed by atoms with Gasteiger partial charge in [0.15, 0.2) is 0 Å². The van der Waals surface area contributed by atoms with Crippen LogP contribution in [0.15, 0.2) is 46.2 Å². The molecule has 17 heavy (non-hydrogen) atoms. The van der Waals surface area contributed by atoms with Gasteiger partial charge in [0.05, 0.1) is 22.0 Å². The first-order valence-corrected chi connectivity index (χ1v) is 7.24. The Labute approximate surface area is 101 Å². The minimum atomic E-state index is -3.36. The van der Waals surface area contributed by atoms with E-state index in [1.165, 1.54) is 0 Å². The van der Waals surface area contributed by atoms with Crippen LogP contribution in [0.5, 0.6) is 0 Å². The van der Waals surface area contributed by atoms with Gasteiger partial charge in [-0.2, -0.15) is 0 Å². The fraction of sp³-hybridized carbons (Fsp3) is 0.385. The zero-order chi connectivity index (χ0) is 12.0. The molecule has 0 aliphatic carbocycles. The Morgan fingerprint density at radius 1 is 1.24 bits per heavy atom. The molecule has 2 aliphatic rings. The molecule has 1 saturated heterocycles. The van der Waals surface area contributed by atoms with Crippen molar-refractivity contribution in [1.29, 1.82) is 0 Å². The molecule has 2 bridgehead atoms. The van der Waals surface area contributed by atoms with E-state index >= 15 is 0 Å². The Kier molecular flexibility index (Phi) is 2.38. The van der Waals surface area contributed by atoms with Crippen LogP contribution in [0.25, 0.3) is 0 Å². The van der Waals surface area contributed by atoms with Crippen molar-refractivity contribution in [1.82, 2.24) is 0 Å². The lowest BCUT2D eigenvalue weighted by atomic mass is 9.96. The zero-order valence-corrected chi connectivity index (χ0v) is 10.4. The number of fused-ring (bicyclic) bond motifs is 2. The third-order valence-electron chi connectivity index (χ3n) is 3.48. The van der Waals surface area contributed by atoms with Gasteiger partial charge in [0, 0.05) is 0 Å². The third-order valence-corrected chi connectivity index (χ3v) is 5.39. The molecule has 4 heteroatoms. The normalized spacial score (nSPS) is 31.6. The first kappa shape index (κ1) is 11.0. The van der Waals surface area contributed by atoms with Gasteiger partial charge in [0.2, 0.25) is 9.84 Å². The maximum Gasteiger partial charge on any atom is 0.205 e. The van der Waals surface area contributed by atoms with E-state index in [1.807, 2.05) is 6.07 Å². The quantitative estimate of drug-likeness (QED) is 0.807. The molecule has 1 aromatic rings. The van der Waals surface area contributed by atoms with Crippen LogP contribution in [-0.2, 0) is 14.6 Å². The van der Waals surface area contributed by atoms with Gasteiger partial charge in [0.25, 0.3) is 0 Å². The number of ether oxygens (including phenoxy) is 1. The number of hydrogen-bond acceptors (Lipinski definition) is 3. The van der Waals surface area contributed by atoms with E-state index in [4.69, 9.17) is 4.74 Å². The highest BCUT2D eigenvalue weighted by Gasteiger charge is 2.44. The van der Waals surface area contributed by atoms with Crippen molar-refractivity contribution in [3.8, 4) is 0 Å². The summed E-state index contributed by atoms with van der Waals surface area (Å²) in [5, 5.41) is 0. The van der Waals surface area contributed by atoms with E-state index in [0.717, 1.165) is 6.42 Å². The lowest BCUT2D eigenvalue weighted by Crippen LogP contribution is -2.18. The second kappa shape index (κ2) is 3.68. The van der Waals surface area contributed by atoms with Gasteiger partial charge in [-0.15, -0.1) is 0 Å². The van der Waals surface area contributed by atoms with Crippen LogP contribution in [0.3, 0.4) is 0 Å². The Bertz CT molecular complexity index is 560. The summed E-state index contributed by atoms with van der Waals surface area (Å²) >= 11 is 0. The second-order valence-corrected chi connectivity index (χ2v) is 6.64. The lowest BCUT2D eigenvalue weighted by Gasteiger charge is -2.14. The molecule has 0 unspecified atom stereocenters.